The molecule has 0 saturated carbocycles. The van der Waals surface area contributed by atoms with Crippen LogP contribution in [0.25, 0.3) is 0 Å². The number of hydrogen-bond acceptors (Lipinski definition) is 6. The van der Waals surface area contributed by atoms with Crippen LogP contribution < -0.4 is 5.32 Å². The van der Waals surface area contributed by atoms with Gasteiger partial charge in [0.15, 0.2) is 5.82 Å². The maximum absolute atomic E-state index is 5.33. The van der Waals surface area contributed by atoms with Crippen LogP contribution in [0.3, 0.4) is 0 Å². The number of ether oxygens (including phenoxy) is 1. The number of nitrogens with zero attached hydrogens (tertiary/aromatic N) is 2. The third kappa shape index (κ3) is 3.70. The molecule has 1 aromatic heterocycles. The van der Waals surface area contributed by atoms with Gasteiger partial charge >= 0.3 is 0 Å². The van der Waals surface area contributed by atoms with E-state index in [-0.39, 0.29) is 6.04 Å². The lowest BCUT2D eigenvalue weighted by Crippen LogP contribution is -2.32. The molecule has 0 aliphatic carbocycles. The molecule has 0 spiro atoms. The van der Waals surface area contributed by atoms with Crippen LogP contribution >= 0.6 is 11.8 Å². The summed E-state index contributed by atoms with van der Waals surface area (Å²) in [4.78, 5) is 4.51. The highest BCUT2D eigenvalue weighted by Gasteiger charge is 2.22. The Labute approximate surface area is 112 Å². The predicted molar refractivity (Wildman–Crippen MR) is 71.8 cm³/mol. The van der Waals surface area contributed by atoms with Gasteiger partial charge in [-0.25, -0.2) is 0 Å². The maximum Gasteiger partial charge on any atom is 0.228 e. The molecule has 2 unspecified atom stereocenters. The predicted octanol–water partition coefficient (Wildman–Crippen LogP) is 1.80. The highest BCUT2D eigenvalue weighted by molar-refractivity contribution is 7.99. The molecule has 1 fully saturated rings. The van der Waals surface area contributed by atoms with Crippen LogP contribution in [-0.2, 0) is 11.2 Å². The van der Waals surface area contributed by atoms with Gasteiger partial charge in [0, 0.05) is 19.6 Å². The summed E-state index contributed by atoms with van der Waals surface area (Å²) in [6.45, 7) is 0.645. The molecule has 2 heterocycles. The summed E-state index contributed by atoms with van der Waals surface area (Å²) in [5.41, 5.74) is 0. The van der Waals surface area contributed by atoms with E-state index in [1.54, 1.807) is 7.11 Å². The summed E-state index contributed by atoms with van der Waals surface area (Å²) in [5, 5.41) is 7.72. The Hall–Kier alpha value is -0.590. The first kappa shape index (κ1) is 13.8. The van der Waals surface area contributed by atoms with Gasteiger partial charge in [-0.3, -0.25) is 0 Å². The lowest BCUT2D eigenvalue weighted by molar-refractivity contribution is 0.165. The largest absolute Gasteiger partial charge is 0.383 e. The fraction of sp³-hybridized carbons (Fsp3) is 0.833. The molecule has 0 amide bonds. The lowest BCUT2D eigenvalue weighted by atomic mass is 10.2. The van der Waals surface area contributed by atoms with Gasteiger partial charge in [0.1, 0.15) is 0 Å². The van der Waals surface area contributed by atoms with Gasteiger partial charge in [-0.05, 0) is 25.6 Å². The quantitative estimate of drug-likeness (QED) is 0.851. The molecule has 1 saturated heterocycles. The normalized spacial score (nSPS) is 22.0. The zero-order chi connectivity index (χ0) is 12.8. The molecule has 0 radical (unpaired) electrons. The minimum absolute atomic E-state index is 0.224. The van der Waals surface area contributed by atoms with Crippen molar-refractivity contribution < 1.29 is 9.26 Å². The van der Waals surface area contributed by atoms with E-state index in [1.807, 2.05) is 18.8 Å². The Morgan fingerprint density at radius 1 is 1.56 bits per heavy atom. The molecule has 102 valence electrons. The molecule has 6 heteroatoms. The third-order valence-corrected chi connectivity index (χ3v) is 4.52. The second-order valence-corrected chi connectivity index (χ2v) is 5.86. The number of aromatic nitrogens is 2. The molecular formula is C12H21N3O2S. The summed E-state index contributed by atoms with van der Waals surface area (Å²) < 4.78 is 10.5. The van der Waals surface area contributed by atoms with E-state index in [1.165, 1.54) is 18.6 Å². The number of nitrogens with one attached hydrogen (secondary N) is 1. The van der Waals surface area contributed by atoms with Crippen molar-refractivity contribution in [3.63, 3.8) is 0 Å². The van der Waals surface area contributed by atoms with Crippen LogP contribution in [0.4, 0.5) is 0 Å². The van der Waals surface area contributed by atoms with E-state index in [4.69, 9.17) is 9.26 Å². The molecule has 2 atom stereocenters. The van der Waals surface area contributed by atoms with Crippen molar-refractivity contribution in [2.45, 2.75) is 37.0 Å². The summed E-state index contributed by atoms with van der Waals surface area (Å²) in [6.07, 6.45) is 4.46. The smallest absolute Gasteiger partial charge is 0.228 e. The van der Waals surface area contributed by atoms with E-state index in [2.05, 4.69) is 15.5 Å². The SMILES string of the molecule is CNC(COC)Cc1nc(C2CCCCS2)no1. The minimum atomic E-state index is 0.224. The maximum atomic E-state index is 5.33. The van der Waals surface area contributed by atoms with E-state index in [0.717, 1.165) is 12.2 Å². The van der Waals surface area contributed by atoms with E-state index >= 15 is 0 Å². The van der Waals surface area contributed by atoms with Crippen molar-refractivity contribution in [2.24, 2.45) is 0 Å². The van der Waals surface area contributed by atoms with Crippen LogP contribution in [0, 0.1) is 0 Å². The van der Waals surface area contributed by atoms with Crippen molar-refractivity contribution in [2.75, 3.05) is 26.5 Å². The molecular weight excluding hydrogens is 250 g/mol. The number of thioether (sulfide) groups is 1. The molecule has 0 bridgehead atoms. The van der Waals surface area contributed by atoms with Gasteiger partial charge in [-0.1, -0.05) is 11.6 Å². The van der Waals surface area contributed by atoms with Crippen molar-refractivity contribution >= 4 is 11.8 Å². The van der Waals surface area contributed by atoms with Gasteiger partial charge < -0.3 is 14.6 Å². The standard InChI is InChI=1S/C12H21N3O2S/c1-13-9(8-16-2)7-11-14-12(15-17-11)10-5-3-4-6-18-10/h9-10,13H,3-8H2,1-2H3. The summed E-state index contributed by atoms with van der Waals surface area (Å²) in [6, 6.07) is 0.224. The molecule has 1 N–H and O–H groups in total. The first-order valence-electron chi connectivity index (χ1n) is 6.43. The van der Waals surface area contributed by atoms with E-state index in [9.17, 15) is 0 Å². The first-order chi connectivity index (χ1) is 8.83. The van der Waals surface area contributed by atoms with Crippen molar-refractivity contribution in [3.8, 4) is 0 Å². The summed E-state index contributed by atoms with van der Waals surface area (Å²) in [7, 11) is 3.61. The van der Waals surface area contributed by atoms with Crippen molar-refractivity contribution in [3.05, 3.63) is 11.7 Å². The Balaban J connectivity index is 1.92. The van der Waals surface area contributed by atoms with Gasteiger partial charge in [-0.15, -0.1) is 0 Å². The van der Waals surface area contributed by atoms with Gasteiger partial charge in [-0.2, -0.15) is 16.7 Å². The second kappa shape index (κ2) is 7.11. The van der Waals surface area contributed by atoms with Crippen LogP contribution in [0.15, 0.2) is 4.52 Å². The van der Waals surface area contributed by atoms with Gasteiger partial charge in [0.2, 0.25) is 5.89 Å². The van der Waals surface area contributed by atoms with Crippen LogP contribution in [0.2, 0.25) is 0 Å². The fourth-order valence-electron chi connectivity index (χ4n) is 2.08. The van der Waals surface area contributed by atoms with E-state index in [0.29, 0.717) is 24.2 Å². The zero-order valence-electron chi connectivity index (χ0n) is 11.0. The Morgan fingerprint density at radius 3 is 3.11 bits per heavy atom. The average molecular weight is 271 g/mol. The van der Waals surface area contributed by atoms with Gasteiger partial charge in [0.25, 0.3) is 0 Å². The highest BCUT2D eigenvalue weighted by atomic mass is 32.2. The second-order valence-electron chi connectivity index (χ2n) is 4.55. The Bertz CT molecular complexity index is 353. The van der Waals surface area contributed by atoms with Crippen molar-refractivity contribution in [1.82, 2.24) is 15.5 Å². The fourth-order valence-corrected chi connectivity index (χ4v) is 3.32. The molecule has 1 aliphatic heterocycles. The minimum Gasteiger partial charge on any atom is -0.383 e. The summed E-state index contributed by atoms with van der Waals surface area (Å²) >= 11 is 1.94. The van der Waals surface area contributed by atoms with Gasteiger partial charge in [0.05, 0.1) is 11.9 Å². The molecule has 1 aromatic rings. The van der Waals surface area contributed by atoms with Crippen LogP contribution in [0.5, 0.6) is 0 Å². The van der Waals surface area contributed by atoms with E-state index < -0.39 is 0 Å². The molecule has 1 aliphatic rings. The van der Waals surface area contributed by atoms with Crippen LogP contribution in [0.1, 0.15) is 36.2 Å². The molecule has 0 aromatic carbocycles. The van der Waals surface area contributed by atoms with Crippen molar-refractivity contribution in [1.29, 1.82) is 0 Å². The zero-order valence-corrected chi connectivity index (χ0v) is 11.8. The average Bonchev–Trinajstić information content (AvgIpc) is 2.88. The topological polar surface area (TPSA) is 60.2 Å². The third-order valence-electron chi connectivity index (χ3n) is 3.15. The lowest BCUT2D eigenvalue weighted by Gasteiger charge is -2.17. The van der Waals surface area contributed by atoms with Crippen LogP contribution in [-0.4, -0.2) is 42.7 Å². The number of rotatable bonds is 6. The Morgan fingerprint density at radius 2 is 2.44 bits per heavy atom. The number of hydrogen-bond donors (Lipinski definition) is 1. The Kier molecular flexibility index (Phi) is 5.46. The summed E-state index contributed by atoms with van der Waals surface area (Å²) in [5.74, 6) is 2.77. The molecule has 18 heavy (non-hydrogen) atoms. The molecule has 2 rings (SSSR count). The molecule has 5 nitrogen and oxygen atoms in total. The first-order valence-corrected chi connectivity index (χ1v) is 7.48. The monoisotopic (exact) mass is 271 g/mol. The number of methoxy groups -OCH3 is 1. The number of likely N-dealkylation sites (N-methyl/N-ethyl adjacent to an activating group) is 1. The highest BCUT2D eigenvalue weighted by Crippen LogP contribution is 2.36.